The molecule has 1 aromatic carbocycles. The van der Waals surface area contributed by atoms with Crippen LogP contribution in [0.25, 0.3) is 11.3 Å². The third-order valence-electron chi connectivity index (χ3n) is 6.26. The topological polar surface area (TPSA) is 123 Å². The zero-order chi connectivity index (χ0) is 23.7. The lowest BCUT2D eigenvalue weighted by Crippen LogP contribution is -2.34. The molecular formula is C24H27FN6O2. The van der Waals surface area contributed by atoms with Gasteiger partial charge in [0.2, 0.25) is 0 Å². The van der Waals surface area contributed by atoms with Crippen LogP contribution < -0.4 is 16.2 Å². The largest absolute Gasteiger partial charge is 0.461 e. The first-order valence-electron chi connectivity index (χ1n) is 11.0. The number of primary amides is 1. The molecule has 2 heterocycles. The fourth-order valence-electron chi connectivity index (χ4n) is 4.43. The van der Waals surface area contributed by atoms with E-state index in [1.165, 1.54) is 0 Å². The Hall–Kier alpha value is -3.80. The molecule has 1 saturated heterocycles. The van der Waals surface area contributed by atoms with E-state index in [2.05, 4.69) is 11.3 Å². The van der Waals surface area contributed by atoms with Crippen molar-refractivity contribution in [2.75, 3.05) is 18.8 Å². The Labute approximate surface area is 191 Å². The first-order chi connectivity index (χ1) is 15.8. The summed E-state index contributed by atoms with van der Waals surface area (Å²) in [6.07, 6.45) is 5.94. The smallest absolute Gasteiger partial charge is 0.254 e. The number of aromatic nitrogens is 2. The van der Waals surface area contributed by atoms with Gasteiger partial charge in [-0.2, -0.15) is 10.4 Å². The van der Waals surface area contributed by atoms with Gasteiger partial charge in [-0.1, -0.05) is 6.92 Å². The van der Waals surface area contributed by atoms with Gasteiger partial charge >= 0.3 is 0 Å². The second-order valence-electron chi connectivity index (χ2n) is 8.56. The number of ether oxygens (including phenoxy) is 1. The van der Waals surface area contributed by atoms with Gasteiger partial charge in [0, 0.05) is 23.6 Å². The number of nitrogen functional groups attached to an aromatic ring is 1. The maximum Gasteiger partial charge on any atom is 0.254 e. The van der Waals surface area contributed by atoms with E-state index in [0.717, 1.165) is 12.8 Å². The summed E-state index contributed by atoms with van der Waals surface area (Å²) in [6.45, 7) is 4.87. The third-order valence-corrected chi connectivity index (χ3v) is 6.26. The highest BCUT2D eigenvalue weighted by atomic mass is 19.1. The van der Waals surface area contributed by atoms with Crippen LogP contribution in [-0.2, 0) is 0 Å². The number of allylic oxidation sites excluding steroid dienone is 4. The molecule has 0 spiro atoms. The fraction of sp³-hybridized carbons (Fsp3) is 0.375. The van der Waals surface area contributed by atoms with Crippen molar-refractivity contribution in [1.29, 1.82) is 5.26 Å². The molecule has 2 aromatic rings. The second-order valence-corrected chi connectivity index (χ2v) is 8.56. The van der Waals surface area contributed by atoms with Crippen LogP contribution in [0.5, 0.6) is 5.75 Å². The number of carbonyl (C=O) groups is 1. The summed E-state index contributed by atoms with van der Waals surface area (Å²) in [7, 11) is 0. The van der Waals surface area contributed by atoms with Gasteiger partial charge in [-0.05, 0) is 56.5 Å². The van der Waals surface area contributed by atoms with Crippen LogP contribution in [-0.4, -0.2) is 33.7 Å². The van der Waals surface area contributed by atoms with E-state index in [0.29, 0.717) is 47.8 Å². The molecule has 1 aliphatic heterocycles. The zero-order valence-electron chi connectivity index (χ0n) is 18.7. The average Bonchev–Trinajstić information content (AvgIpc) is 3.17. The minimum atomic E-state index is -0.666. The van der Waals surface area contributed by atoms with E-state index in [4.69, 9.17) is 16.2 Å². The molecule has 33 heavy (non-hydrogen) atoms. The lowest BCUT2D eigenvalue weighted by molar-refractivity contribution is 0.100. The molecule has 1 aliphatic carbocycles. The summed E-state index contributed by atoms with van der Waals surface area (Å²) in [6, 6.07) is 6.91. The number of nitrogens with zero attached hydrogens (tertiary/aromatic N) is 4. The van der Waals surface area contributed by atoms with Gasteiger partial charge in [0.05, 0.1) is 12.6 Å². The highest BCUT2D eigenvalue weighted by Gasteiger charge is 2.28. The van der Waals surface area contributed by atoms with Gasteiger partial charge < -0.3 is 21.1 Å². The van der Waals surface area contributed by atoms with E-state index in [1.54, 1.807) is 46.8 Å². The Bertz CT molecular complexity index is 1170. The van der Waals surface area contributed by atoms with Gasteiger partial charge in [0.15, 0.2) is 6.19 Å². The number of hydrogen-bond donors (Lipinski definition) is 2. The average molecular weight is 451 g/mol. The van der Waals surface area contributed by atoms with E-state index in [1.807, 2.05) is 6.92 Å². The summed E-state index contributed by atoms with van der Waals surface area (Å²) < 4.78 is 21.6. The molecule has 4 rings (SSSR count). The minimum absolute atomic E-state index is 0.0737. The molecule has 0 saturated carbocycles. The van der Waals surface area contributed by atoms with Crippen LogP contribution in [0.1, 0.15) is 49.5 Å². The lowest BCUT2D eigenvalue weighted by atomic mass is 9.95. The van der Waals surface area contributed by atoms with E-state index in [9.17, 15) is 14.4 Å². The van der Waals surface area contributed by atoms with Crippen molar-refractivity contribution in [3.63, 3.8) is 0 Å². The predicted octanol–water partition coefficient (Wildman–Crippen LogP) is 3.90. The lowest BCUT2D eigenvalue weighted by Gasteiger charge is -2.29. The molecule has 2 atom stereocenters. The number of piperidine rings is 1. The molecular weight excluding hydrogens is 423 g/mol. The Balaban J connectivity index is 1.64. The fourth-order valence-corrected chi connectivity index (χ4v) is 4.43. The van der Waals surface area contributed by atoms with E-state index >= 15 is 0 Å². The highest BCUT2D eigenvalue weighted by Crippen LogP contribution is 2.35. The second kappa shape index (κ2) is 8.98. The Morgan fingerprint density at radius 2 is 2.06 bits per heavy atom. The van der Waals surface area contributed by atoms with E-state index in [-0.39, 0.29) is 29.2 Å². The quantitative estimate of drug-likeness (QED) is 0.666. The first-order valence-corrected chi connectivity index (χ1v) is 11.0. The predicted molar refractivity (Wildman–Crippen MR) is 122 cm³/mol. The molecule has 1 amide bonds. The summed E-state index contributed by atoms with van der Waals surface area (Å²) >= 11 is 0. The summed E-state index contributed by atoms with van der Waals surface area (Å²) in [5, 5.41) is 13.9. The monoisotopic (exact) mass is 450 g/mol. The summed E-state index contributed by atoms with van der Waals surface area (Å²) in [5.74, 6) is 0.505. The minimum Gasteiger partial charge on any atom is -0.461 e. The van der Waals surface area contributed by atoms with Crippen LogP contribution >= 0.6 is 0 Å². The molecule has 1 fully saturated rings. The highest BCUT2D eigenvalue weighted by molar-refractivity contribution is 6.03. The van der Waals surface area contributed by atoms with Gasteiger partial charge in [0.25, 0.3) is 5.91 Å². The number of anilines is 1. The molecule has 2 unspecified atom stereocenters. The van der Waals surface area contributed by atoms with Crippen LogP contribution in [0.3, 0.4) is 0 Å². The molecule has 1 aromatic heterocycles. The molecule has 8 nitrogen and oxygen atoms in total. The van der Waals surface area contributed by atoms with Gasteiger partial charge in [-0.15, -0.1) is 0 Å². The number of likely N-dealkylation sites (tertiary alicyclic amines) is 1. The molecule has 2 aliphatic rings. The molecule has 0 radical (unpaired) electrons. The number of benzene rings is 1. The molecule has 9 heteroatoms. The number of nitriles is 1. The zero-order valence-corrected chi connectivity index (χ0v) is 18.7. The number of amides is 1. The standard InChI is InChI=1S/C24H27FN6O2/c1-14-5-10-19(25)15(2)22(14)33-18-8-6-16(7-9-18)21-20(24(28)32)23(27)31(29-21)17-4-3-11-30(12-17)13-26/h6-10,14,17H,3-5,11-12,27H2,1-2H3,(H2,28,32). The summed E-state index contributed by atoms with van der Waals surface area (Å²) in [4.78, 5) is 13.9. The van der Waals surface area contributed by atoms with Crippen molar-refractivity contribution in [3.05, 3.63) is 53.1 Å². The van der Waals surface area contributed by atoms with Crippen molar-refractivity contribution in [1.82, 2.24) is 14.7 Å². The molecule has 4 N–H and O–H groups in total. The Morgan fingerprint density at radius 3 is 2.73 bits per heavy atom. The SMILES string of the molecule is CC1=C(Oc2ccc(-c3nn(C4CCCN(C#N)C4)c(N)c3C(N)=O)cc2)C(C)CC=C1F. The van der Waals surface area contributed by atoms with E-state index < -0.39 is 5.91 Å². The molecule has 0 bridgehead atoms. The van der Waals surface area contributed by atoms with Crippen LogP contribution in [0.4, 0.5) is 10.2 Å². The van der Waals surface area contributed by atoms with Gasteiger partial charge in [0.1, 0.15) is 34.4 Å². The number of nitrogens with two attached hydrogens (primary N) is 2. The van der Waals surface area contributed by atoms with Gasteiger partial charge in [-0.3, -0.25) is 4.79 Å². The van der Waals surface area contributed by atoms with Crippen LogP contribution in [0.2, 0.25) is 0 Å². The number of halogens is 1. The maximum absolute atomic E-state index is 14.0. The van der Waals surface area contributed by atoms with Crippen LogP contribution in [0, 0.1) is 17.4 Å². The first kappa shape index (κ1) is 22.4. The number of hydrogen-bond acceptors (Lipinski definition) is 6. The molecule has 172 valence electrons. The van der Waals surface area contributed by atoms with Gasteiger partial charge in [-0.25, -0.2) is 9.07 Å². The number of rotatable bonds is 5. The van der Waals surface area contributed by atoms with Crippen molar-refractivity contribution >= 4 is 11.7 Å². The third kappa shape index (κ3) is 4.29. The Morgan fingerprint density at radius 1 is 1.33 bits per heavy atom. The summed E-state index contributed by atoms with van der Waals surface area (Å²) in [5.41, 5.74) is 13.6. The van der Waals surface area contributed by atoms with Crippen molar-refractivity contribution in [2.45, 2.75) is 39.2 Å². The van der Waals surface area contributed by atoms with Crippen molar-refractivity contribution < 1.29 is 13.9 Å². The van der Waals surface area contributed by atoms with Crippen molar-refractivity contribution in [2.24, 2.45) is 11.7 Å². The Kier molecular flexibility index (Phi) is 6.09. The maximum atomic E-state index is 14.0. The van der Waals surface area contributed by atoms with Crippen LogP contribution in [0.15, 0.2) is 47.5 Å². The van der Waals surface area contributed by atoms with Crippen molar-refractivity contribution in [3.8, 4) is 23.2 Å². The normalized spacial score (nSPS) is 20.9. The number of carbonyl (C=O) groups excluding carboxylic acids is 1.